The van der Waals surface area contributed by atoms with Crippen molar-refractivity contribution < 1.29 is 17.2 Å². The molecule has 0 heterocycles. The zero-order chi connectivity index (χ0) is 11.7. The molecule has 0 spiro atoms. The molecule has 0 radical (unpaired) electrons. The maximum Gasteiger partial charge on any atom is 0.347 e. The van der Waals surface area contributed by atoms with Crippen LogP contribution in [-0.2, 0) is 16.3 Å². The number of hydrogen-bond acceptors (Lipinski definition) is 2. The lowest BCUT2D eigenvalue weighted by molar-refractivity contribution is 0.114. The molecular weight excluding hydrogens is 222 g/mol. The highest BCUT2D eigenvalue weighted by Gasteiger charge is 2.40. The van der Waals surface area contributed by atoms with E-state index in [1.165, 1.54) is 12.1 Å². The zero-order valence-electron chi connectivity index (χ0n) is 8.50. The molecule has 0 aliphatic carbocycles. The van der Waals surface area contributed by atoms with Gasteiger partial charge >= 0.3 is 5.25 Å². The summed E-state index contributed by atoms with van der Waals surface area (Å²) < 4.78 is 48.2. The van der Waals surface area contributed by atoms with Crippen LogP contribution in [0.15, 0.2) is 29.2 Å². The number of hydrogen-bond donors (Lipinski definition) is 0. The summed E-state index contributed by atoms with van der Waals surface area (Å²) >= 11 is 0. The van der Waals surface area contributed by atoms with Gasteiger partial charge < -0.3 is 0 Å². The van der Waals surface area contributed by atoms with E-state index < -0.39 is 15.1 Å². The molecule has 0 N–H and O–H groups in total. The fraction of sp³-hybridized carbons (Fsp3) is 0.400. The van der Waals surface area contributed by atoms with E-state index in [9.17, 15) is 17.2 Å². The van der Waals surface area contributed by atoms with Gasteiger partial charge in [0.15, 0.2) is 0 Å². The van der Waals surface area contributed by atoms with Crippen molar-refractivity contribution >= 4 is 9.84 Å². The molecule has 0 aliphatic rings. The van der Waals surface area contributed by atoms with Crippen molar-refractivity contribution in [1.29, 1.82) is 0 Å². The normalized spacial score (nSPS) is 12.8. The summed E-state index contributed by atoms with van der Waals surface area (Å²) in [4.78, 5) is -0.341. The van der Waals surface area contributed by atoms with Crippen molar-refractivity contribution in [3.8, 4) is 0 Å². The highest BCUT2D eigenvalue weighted by Crippen LogP contribution is 2.28. The first-order valence-electron chi connectivity index (χ1n) is 4.50. The predicted molar refractivity (Wildman–Crippen MR) is 53.6 cm³/mol. The third-order valence-corrected chi connectivity index (χ3v) is 3.95. The lowest BCUT2D eigenvalue weighted by Crippen LogP contribution is -2.24. The van der Waals surface area contributed by atoms with Gasteiger partial charge in [0.1, 0.15) is 0 Å². The van der Waals surface area contributed by atoms with Gasteiger partial charge in [-0.1, -0.05) is 19.1 Å². The standard InChI is InChI=1S/C10H12F2O2S/c1-3-8-4-6-9(7-5-8)15(13,14)10(2,11)12/h4-7H,3H2,1-2H3. The quantitative estimate of drug-likeness (QED) is 0.805. The summed E-state index contributed by atoms with van der Waals surface area (Å²) in [6.07, 6.45) is 0.739. The smallest absolute Gasteiger partial charge is 0.217 e. The van der Waals surface area contributed by atoms with E-state index >= 15 is 0 Å². The summed E-state index contributed by atoms with van der Waals surface area (Å²) in [5.41, 5.74) is 0.911. The Bertz CT molecular complexity index is 429. The van der Waals surface area contributed by atoms with Gasteiger partial charge in [-0.25, -0.2) is 8.42 Å². The van der Waals surface area contributed by atoms with Crippen LogP contribution in [0.4, 0.5) is 8.78 Å². The van der Waals surface area contributed by atoms with E-state index in [-0.39, 0.29) is 4.90 Å². The van der Waals surface area contributed by atoms with Crippen molar-refractivity contribution in [3.63, 3.8) is 0 Å². The summed E-state index contributed by atoms with van der Waals surface area (Å²) in [5, 5.41) is -3.74. The van der Waals surface area contributed by atoms with Gasteiger partial charge in [0, 0.05) is 6.92 Å². The van der Waals surface area contributed by atoms with Crippen LogP contribution in [-0.4, -0.2) is 13.7 Å². The van der Waals surface area contributed by atoms with Crippen LogP contribution in [0.25, 0.3) is 0 Å². The maximum atomic E-state index is 12.8. The van der Waals surface area contributed by atoms with Crippen LogP contribution in [0.3, 0.4) is 0 Å². The van der Waals surface area contributed by atoms with Crippen LogP contribution in [0.2, 0.25) is 0 Å². The lowest BCUT2D eigenvalue weighted by atomic mass is 10.2. The largest absolute Gasteiger partial charge is 0.347 e. The molecule has 1 aromatic carbocycles. The summed E-state index contributed by atoms with van der Waals surface area (Å²) in [7, 11) is -4.53. The first kappa shape index (κ1) is 12.1. The van der Waals surface area contributed by atoms with Crippen molar-refractivity contribution in [2.24, 2.45) is 0 Å². The second kappa shape index (κ2) is 3.89. The van der Waals surface area contributed by atoms with E-state index in [1.54, 1.807) is 12.1 Å². The number of alkyl halides is 2. The second-order valence-electron chi connectivity index (χ2n) is 3.31. The number of benzene rings is 1. The Morgan fingerprint density at radius 3 is 2.00 bits per heavy atom. The highest BCUT2D eigenvalue weighted by molar-refractivity contribution is 7.92. The summed E-state index contributed by atoms with van der Waals surface area (Å²) in [5.74, 6) is 0. The summed E-state index contributed by atoms with van der Waals surface area (Å²) in [6.45, 7) is 2.29. The second-order valence-corrected chi connectivity index (χ2v) is 5.50. The van der Waals surface area contributed by atoms with Crippen LogP contribution >= 0.6 is 0 Å². The molecule has 0 saturated heterocycles. The molecular formula is C10H12F2O2S. The Morgan fingerprint density at radius 1 is 1.20 bits per heavy atom. The van der Waals surface area contributed by atoms with Gasteiger partial charge in [-0.15, -0.1) is 0 Å². The fourth-order valence-electron chi connectivity index (χ4n) is 1.11. The predicted octanol–water partition coefficient (Wildman–Crippen LogP) is 2.64. The Kier molecular flexibility index (Phi) is 3.13. The number of aryl methyl sites for hydroxylation is 1. The van der Waals surface area contributed by atoms with E-state index in [1.807, 2.05) is 6.92 Å². The fourth-order valence-corrected chi connectivity index (χ4v) is 2.02. The minimum Gasteiger partial charge on any atom is -0.217 e. The van der Waals surface area contributed by atoms with Crippen LogP contribution < -0.4 is 0 Å². The monoisotopic (exact) mass is 234 g/mol. The minimum absolute atomic E-state index is 0.341. The highest BCUT2D eigenvalue weighted by atomic mass is 32.2. The molecule has 0 saturated carbocycles. The van der Waals surface area contributed by atoms with Crippen molar-refractivity contribution in [1.82, 2.24) is 0 Å². The molecule has 0 fully saturated rings. The van der Waals surface area contributed by atoms with Gasteiger partial charge in [-0.05, 0) is 24.1 Å². The molecule has 5 heteroatoms. The van der Waals surface area contributed by atoms with Gasteiger partial charge in [-0.2, -0.15) is 8.78 Å². The SMILES string of the molecule is CCc1ccc(S(=O)(=O)C(C)(F)F)cc1. The number of sulfone groups is 1. The number of rotatable bonds is 3. The Morgan fingerprint density at radius 2 is 1.67 bits per heavy atom. The van der Waals surface area contributed by atoms with E-state index in [0.717, 1.165) is 12.0 Å². The molecule has 0 unspecified atom stereocenters. The maximum absolute atomic E-state index is 12.8. The molecule has 0 amide bonds. The zero-order valence-corrected chi connectivity index (χ0v) is 9.31. The van der Waals surface area contributed by atoms with E-state index in [0.29, 0.717) is 6.92 Å². The first-order chi connectivity index (χ1) is 6.79. The van der Waals surface area contributed by atoms with Crippen LogP contribution in [0, 0.1) is 0 Å². The molecule has 1 rings (SSSR count). The summed E-state index contributed by atoms with van der Waals surface area (Å²) in [6, 6.07) is 5.51. The van der Waals surface area contributed by atoms with Crippen LogP contribution in [0.1, 0.15) is 19.4 Å². The van der Waals surface area contributed by atoms with Crippen molar-refractivity contribution in [3.05, 3.63) is 29.8 Å². The molecule has 0 aliphatic heterocycles. The molecule has 0 atom stereocenters. The van der Waals surface area contributed by atoms with Crippen molar-refractivity contribution in [2.75, 3.05) is 0 Å². The average molecular weight is 234 g/mol. The van der Waals surface area contributed by atoms with Crippen LogP contribution in [0.5, 0.6) is 0 Å². The molecule has 15 heavy (non-hydrogen) atoms. The van der Waals surface area contributed by atoms with Gasteiger partial charge in [0.25, 0.3) is 0 Å². The lowest BCUT2D eigenvalue weighted by Gasteiger charge is -2.11. The Balaban J connectivity index is 3.18. The first-order valence-corrected chi connectivity index (χ1v) is 5.98. The molecule has 84 valence electrons. The average Bonchev–Trinajstić information content (AvgIpc) is 2.16. The van der Waals surface area contributed by atoms with Gasteiger partial charge in [0.05, 0.1) is 4.90 Å². The van der Waals surface area contributed by atoms with E-state index in [4.69, 9.17) is 0 Å². The van der Waals surface area contributed by atoms with Gasteiger partial charge in [0.2, 0.25) is 9.84 Å². The minimum atomic E-state index is -4.53. The Hall–Kier alpha value is -0.970. The third kappa shape index (κ3) is 2.34. The third-order valence-electron chi connectivity index (χ3n) is 2.11. The topological polar surface area (TPSA) is 34.1 Å². The Labute approximate surface area is 87.8 Å². The molecule has 1 aromatic rings. The van der Waals surface area contributed by atoms with Crippen molar-refractivity contribution in [2.45, 2.75) is 30.4 Å². The number of halogens is 2. The van der Waals surface area contributed by atoms with E-state index in [2.05, 4.69) is 0 Å². The molecule has 0 bridgehead atoms. The van der Waals surface area contributed by atoms with Gasteiger partial charge in [-0.3, -0.25) is 0 Å². The molecule has 0 aromatic heterocycles. The molecule has 2 nitrogen and oxygen atoms in total.